The van der Waals surface area contributed by atoms with Gasteiger partial charge in [-0.15, -0.1) is 0 Å². The van der Waals surface area contributed by atoms with E-state index in [0.29, 0.717) is 11.4 Å². The van der Waals surface area contributed by atoms with Crippen molar-refractivity contribution < 1.29 is 19.1 Å². The van der Waals surface area contributed by atoms with Crippen LogP contribution < -0.4 is 10.1 Å². The maximum atomic E-state index is 11.9. The average molecular weight is 279 g/mol. The van der Waals surface area contributed by atoms with Gasteiger partial charge in [0.15, 0.2) is 6.10 Å². The van der Waals surface area contributed by atoms with Crippen LogP contribution in [0.3, 0.4) is 0 Å². The molecule has 0 radical (unpaired) electrons. The highest BCUT2D eigenvalue weighted by molar-refractivity contribution is 5.90. The fraction of sp³-hybridized carbons (Fsp3) is 0.467. The van der Waals surface area contributed by atoms with Crippen molar-refractivity contribution in [2.75, 3.05) is 5.32 Å². The molecule has 0 saturated carbocycles. The number of carbonyl (C=O) groups excluding carboxylic acids is 2. The lowest BCUT2D eigenvalue weighted by molar-refractivity contribution is -0.162. The monoisotopic (exact) mass is 279 g/mol. The smallest absolute Gasteiger partial charge is 0.347 e. The predicted octanol–water partition coefficient (Wildman–Crippen LogP) is 2.75. The molecule has 0 aliphatic carbocycles. The number of benzene rings is 1. The molecule has 1 N–H and O–H groups in total. The van der Waals surface area contributed by atoms with E-state index < -0.39 is 17.7 Å². The molecule has 1 atom stereocenters. The van der Waals surface area contributed by atoms with Crippen LogP contribution in [0.5, 0.6) is 5.75 Å². The summed E-state index contributed by atoms with van der Waals surface area (Å²) in [5.41, 5.74) is -0.0401. The Hall–Kier alpha value is -2.04. The molecule has 1 aromatic rings. The van der Waals surface area contributed by atoms with E-state index in [-0.39, 0.29) is 5.91 Å². The molecule has 20 heavy (non-hydrogen) atoms. The first-order valence-electron chi connectivity index (χ1n) is 6.45. The number of hydrogen-bond acceptors (Lipinski definition) is 4. The van der Waals surface area contributed by atoms with Crippen LogP contribution in [0.2, 0.25) is 0 Å². The molecule has 5 nitrogen and oxygen atoms in total. The van der Waals surface area contributed by atoms with Crippen molar-refractivity contribution in [1.82, 2.24) is 0 Å². The normalized spacial score (nSPS) is 12.4. The molecule has 0 aliphatic heterocycles. The summed E-state index contributed by atoms with van der Waals surface area (Å²) in [5.74, 6) is -0.220. The topological polar surface area (TPSA) is 64.6 Å². The molecule has 0 bridgehead atoms. The molecule has 0 spiro atoms. The van der Waals surface area contributed by atoms with Crippen LogP contribution in [0.4, 0.5) is 5.69 Å². The Bertz CT molecular complexity index is 491. The quantitative estimate of drug-likeness (QED) is 0.861. The van der Waals surface area contributed by atoms with Crippen LogP contribution in [0.15, 0.2) is 24.3 Å². The number of rotatable bonds is 4. The third-order valence-corrected chi connectivity index (χ3v) is 2.24. The van der Waals surface area contributed by atoms with E-state index in [1.54, 1.807) is 52.0 Å². The number of nitrogens with one attached hydrogen (secondary N) is 1. The highest BCUT2D eigenvalue weighted by Gasteiger charge is 2.23. The van der Waals surface area contributed by atoms with E-state index in [0.717, 1.165) is 0 Å². The van der Waals surface area contributed by atoms with Crippen LogP contribution in [-0.4, -0.2) is 23.6 Å². The van der Waals surface area contributed by atoms with Crippen LogP contribution in [0.25, 0.3) is 0 Å². The molecule has 0 aliphatic rings. The van der Waals surface area contributed by atoms with Crippen LogP contribution in [0.1, 0.15) is 34.6 Å². The summed E-state index contributed by atoms with van der Waals surface area (Å²) in [6.45, 7) is 8.40. The summed E-state index contributed by atoms with van der Waals surface area (Å²) in [7, 11) is 0. The number of hydrogen-bond donors (Lipinski definition) is 1. The molecule has 1 rings (SSSR count). The van der Waals surface area contributed by atoms with Gasteiger partial charge in [-0.3, -0.25) is 4.79 Å². The molecular formula is C15H21NO4. The molecule has 1 aromatic carbocycles. The van der Waals surface area contributed by atoms with Crippen LogP contribution >= 0.6 is 0 Å². The first-order chi connectivity index (χ1) is 9.19. The largest absolute Gasteiger partial charge is 0.477 e. The summed E-state index contributed by atoms with van der Waals surface area (Å²) in [5, 5.41) is 2.65. The Labute approximate surface area is 119 Å². The van der Waals surface area contributed by atoms with Crippen LogP contribution in [-0.2, 0) is 14.3 Å². The zero-order chi connectivity index (χ0) is 15.3. The van der Waals surface area contributed by atoms with Crippen molar-refractivity contribution in [1.29, 1.82) is 0 Å². The number of carbonyl (C=O) groups is 2. The van der Waals surface area contributed by atoms with Gasteiger partial charge in [-0.05, 0) is 39.8 Å². The number of amides is 1. The highest BCUT2D eigenvalue weighted by atomic mass is 16.6. The lowest BCUT2D eigenvalue weighted by atomic mass is 10.2. The second-order valence-corrected chi connectivity index (χ2v) is 5.47. The Morgan fingerprint density at radius 3 is 2.35 bits per heavy atom. The van der Waals surface area contributed by atoms with Gasteiger partial charge in [0.2, 0.25) is 5.91 Å². The van der Waals surface area contributed by atoms with Crippen molar-refractivity contribution in [3.63, 3.8) is 0 Å². The number of para-hydroxylation sites is 2. The van der Waals surface area contributed by atoms with Crippen molar-refractivity contribution in [2.24, 2.45) is 0 Å². The molecule has 5 heteroatoms. The van der Waals surface area contributed by atoms with Crippen molar-refractivity contribution in [2.45, 2.75) is 46.3 Å². The third-order valence-electron chi connectivity index (χ3n) is 2.24. The fourth-order valence-electron chi connectivity index (χ4n) is 1.49. The van der Waals surface area contributed by atoms with Gasteiger partial charge in [-0.1, -0.05) is 12.1 Å². The van der Waals surface area contributed by atoms with E-state index in [1.165, 1.54) is 6.92 Å². The maximum Gasteiger partial charge on any atom is 0.347 e. The minimum atomic E-state index is -0.760. The summed E-state index contributed by atoms with van der Waals surface area (Å²) in [4.78, 5) is 23.0. The number of esters is 1. The molecule has 1 unspecified atom stereocenters. The van der Waals surface area contributed by atoms with Gasteiger partial charge in [0.25, 0.3) is 0 Å². The Balaban J connectivity index is 2.77. The van der Waals surface area contributed by atoms with E-state index >= 15 is 0 Å². The molecule has 0 fully saturated rings. The molecule has 0 aromatic heterocycles. The fourth-order valence-corrected chi connectivity index (χ4v) is 1.49. The van der Waals surface area contributed by atoms with Gasteiger partial charge in [-0.25, -0.2) is 4.79 Å². The van der Waals surface area contributed by atoms with E-state index in [9.17, 15) is 9.59 Å². The predicted molar refractivity (Wildman–Crippen MR) is 76.7 cm³/mol. The molecule has 0 saturated heterocycles. The first-order valence-corrected chi connectivity index (χ1v) is 6.45. The van der Waals surface area contributed by atoms with E-state index in [4.69, 9.17) is 9.47 Å². The molecule has 110 valence electrons. The van der Waals surface area contributed by atoms with Crippen molar-refractivity contribution in [3.8, 4) is 5.75 Å². The maximum absolute atomic E-state index is 11.9. The third kappa shape index (κ3) is 5.30. The average Bonchev–Trinajstić information content (AvgIpc) is 2.28. The van der Waals surface area contributed by atoms with Gasteiger partial charge >= 0.3 is 5.97 Å². The second-order valence-electron chi connectivity index (χ2n) is 5.47. The summed E-state index contributed by atoms with van der Waals surface area (Å²) in [6, 6.07) is 6.93. The van der Waals surface area contributed by atoms with Crippen molar-refractivity contribution >= 4 is 17.6 Å². The second kappa shape index (κ2) is 6.41. The number of ether oxygens (including phenoxy) is 2. The zero-order valence-corrected chi connectivity index (χ0v) is 12.5. The summed E-state index contributed by atoms with van der Waals surface area (Å²) in [6.07, 6.45) is -0.760. The Kier molecular flexibility index (Phi) is 5.13. The van der Waals surface area contributed by atoms with Gasteiger partial charge in [0.1, 0.15) is 11.4 Å². The Morgan fingerprint density at radius 1 is 1.20 bits per heavy atom. The minimum Gasteiger partial charge on any atom is -0.477 e. The standard InChI is InChI=1S/C15H21NO4/c1-10(14(18)20-15(3,4)5)19-13-9-7-6-8-12(13)16-11(2)17/h6-10H,1-5H3,(H,16,17). The lowest BCUT2D eigenvalue weighted by Crippen LogP contribution is -2.33. The van der Waals surface area contributed by atoms with Crippen molar-refractivity contribution in [3.05, 3.63) is 24.3 Å². The van der Waals surface area contributed by atoms with Gasteiger partial charge in [0, 0.05) is 6.92 Å². The lowest BCUT2D eigenvalue weighted by Gasteiger charge is -2.23. The SMILES string of the molecule is CC(=O)Nc1ccccc1OC(C)C(=O)OC(C)(C)C. The summed E-state index contributed by atoms with van der Waals surface area (Å²) >= 11 is 0. The van der Waals surface area contributed by atoms with Gasteiger partial charge < -0.3 is 14.8 Å². The first kappa shape index (κ1) is 16.0. The zero-order valence-electron chi connectivity index (χ0n) is 12.5. The highest BCUT2D eigenvalue weighted by Crippen LogP contribution is 2.25. The Morgan fingerprint density at radius 2 is 1.80 bits per heavy atom. The van der Waals surface area contributed by atoms with E-state index in [2.05, 4.69) is 5.32 Å². The van der Waals surface area contributed by atoms with Gasteiger partial charge in [-0.2, -0.15) is 0 Å². The van der Waals surface area contributed by atoms with Gasteiger partial charge in [0.05, 0.1) is 5.69 Å². The van der Waals surface area contributed by atoms with E-state index in [1.807, 2.05) is 0 Å². The molecular weight excluding hydrogens is 258 g/mol. The molecule has 0 heterocycles. The summed E-state index contributed by atoms with van der Waals surface area (Å²) < 4.78 is 10.8. The number of anilines is 1. The minimum absolute atomic E-state index is 0.203. The van der Waals surface area contributed by atoms with Crippen LogP contribution in [0, 0.1) is 0 Å². The molecule has 1 amide bonds.